The van der Waals surface area contributed by atoms with Crippen molar-refractivity contribution in [3.63, 3.8) is 0 Å². The molecule has 3 N–H and O–H groups in total. The summed E-state index contributed by atoms with van der Waals surface area (Å²) in [4.78, 5) is 17.6. The zero-order valence-electron chi connectivity index (χ0n) is 12.2. The summed E-state index contributed by atoms with van der Waals surface area (Å²) in [5.41, 5.74) is 6.46. The van der Waals surface area contributed by atoms with Crippen LogP contribution in [-0.4, -0.2) is 63.4 Å². The summed E-state index contributed by atoms with van der Waals surface area (Å²) in [5, 5.41) is 3.04. The molecule has 0 aliphatic heterocycles. The lowest BCUT2D eigenvalue weighted by atomic mass is 10.2. The van der Waals surface area contributed by atoms with Crippen molar-refractivity contribution in [3.8, 4) is 0 Å². The van der Waals surface area contributed by atoms with E-state index in [0.29, 0.717) is 31.1 Å². The lowest BCUT2D eigenvalue weighted by Crippen LogP contribution is -2.20. The molecular formula is C13H22N4O3. The molecule has 1 aromatic rings. The fourth-order valence-electron chi connectivity index (χ4n) is 1.49. The van der Waals surface area contributed by atoms with Crippen LogP contribution in [-0.2, 0) is 9.47 Å². The Morgan fingerprint density at radius 3 is 2.85 bits per heavy atom. The number of nitrogens with zero attached hydrogens (tertiary/aromatic N) is 2. The maximum Gasteiger partial charge on any atom is 0.340 e. The molecule has 0 saturated heterocycles. The minimum absolute atomic E-state index is 0.285. The van der Waals surface area contributed by atoms with Crippen LogP contribution in [0.25, 0.3) is 0 Å². The van der Waals surface area contributed by atoms with Gasteiger partial charge < -0.3 is 25.4 Å². The molecule has 0 aromatic carbocycles. The van der Waals surface area contributed by atoms with Crippen molar-refractivity contribution in [1.82, 2.24) is 9.88 Å². The van der Waals surface area contributed by atoms with E-state index in [9.17, 15) is 4.79 Å². The maximum atomic E-state index is 11.5. The Kier molecular flexibility index (Phi) is 6.75. The number of ether oxygens (including phenoxy) is 2. The van der Waals surface area contributed by atoms with E-state index in [1.165, 1.54) is 19.4 Å². The summed E-state index contributed by atoms with van der Waals surface area (Å²) in [6.07, 6.45) is 1.51. The first-order valence-electron chi connectivity index (χ1n) is 6.35. The average Bonchev–Trinajstić information content (AvgIpc) is 2.43. The molecule has 0 bridgehead atoms. The summed E-state index contributed by atoms with van der Waals surface area (Å²) in [7, 11) is 5.29. The van der Waals surface area contributed by atoms with Crippen molar-refractivity contribution in [2.75, 3.05) is 58.6 Å². The number of methoxy groups -OCH3 is 1. The lowest BCUT2D eigenvalue weighted by molar-refractivity contribution is 0.0602. The van der Waals surface area contributed by atoms with Gasteiger partial charge in [0.25, 0.3) is 0 Å². The number of aromatic nitrogens is 1. The minimum atomic E-state index is -0.477. The first-order chi connectivity index (χ1) is 9.56. The Morgan fingerprint density at radius 2 is 2.20 bits per heavy atom. The van der Waals surface area contributed by atoms with Crippen molar-refractivity contribution >= 4 is 17.5 Å². The van der Waals surface area contributed by atoms with E-state index in [1.807, 2.05) is 19.0 Å². The molecule has 1 rings (SSSR count). The van der Waals surface area contributed by atoms with Gasteiger partial charge in [0.15, 0.2) is 0 Å². The Balaban J connectivity index is 2.43. The number of nitrogens with one attached hydrogen (secondary N) is 1. The summed E-state index contributed by atoms with van der Waals surface area (Å²) < 4.78 is 10.1. The number of carbonyl (C=O) groups excluding carboxylic acids is 1. The number of hydrogen-bond donors (Lipinski definition) is 2. The third-order valence-corrected chi connectivity index (χ3v) is 2.62. The summed E-state index contributed by atoms with van der Waals surface area (Å²) >= 11 is 0. The van der Waals surface area contributed by atoms with Crippen molar-refractivity contribution < 1.29 is 14.3 Å². The molecule has 0 spiro atoms. The third kappa shape index (κ3) is 5.02. The van der Waals surface area contributed by atoms with Crippen LogP contribution < -0.4 is 11.1 Å². The third-order valence-electron chi connectivity index (χ3n) is 2.62. The second-order valence-electron chi connectivity index (χ2n) is 4.45. The van der Waals surface area contributed by atoms with Gasteiger partial charge in [0.05, 0.1) is 31.6 Å². The number of esters is 1. The molecule has 7 nitrogen and oxygen atoms in total. The highest BCUT2D eigenvalue weighted by Crippen LogP contribution is 2.20. The number of carbonyl (C=O) groups is 1. The number of nitrogen functional groups attached to an aromatic ring is 1. The summed E-state index contributed by atoms with van der Waals surface area (Å²) in [5.74, 6) is -0.0145. The van der Waals surface area contributed by atoms with Gasteiger partial charge in [-0.25, -0.2) is 9.78 Å². The first kappa shape index (κ1) is 16.2. The number of rotatable bonds is 8. The van der Waals surface area contributed by atoms with E-state index >= 15 is 0 Å². The van der Waals surface area contributed by atoms with Crippen LogP contribution in [0.3, 0.4) is 0 Å². The van der Waals surface area contributed by atoms with Gasteiger partial charge in [-0.2, -0.15) is 0 Å². The van der Waals surface area contributed by atoms with Crippen LogP contribution in [0.15, 0.2) is 12.3 Å². The average molecular weight is 282 g/mol. The number of pyridine rings is 1. The van der Waals surface area contributed by atoms with E-state index in [2.05, 4.69) is 15.0 Å². The van der Waals surface area contributed by atoms with Crippen molar-refractivity contribution in [2.45, 2.75) is 0 Å². The van der Waals surface area contributed by atoms with Crippen LogP contribution in [0.2, 0.25) is 0 Å². The van der Waals surface area contributed by atoms with E-state index in [-0.39, 0.29) is 5.69 Å². The molecule has 112 valence electrons. The molecule has 0 fully saturated rings. The molecule has 0 saturated carbocycles. The molecule has 0 unspecified atom stereocenters. The smallest absolute Gasteiger partial charge is 0.340 e. The van der Waals surface area contributed by atoms with Crippen LogP contribution in [0, 0.1) is 0 Å². The highest BCUT2D eigenvalue weighted by Gasteiger charge is 2.13. The van der Waals surface area contributed by atoms with Crippen molar-refractivity contribution in [1.29, 1.82) is 0 Å². The van der Waals surface area contributed by atoms with Gasteiger partial charge >= 0.3 is 5.97 Å². The normalized spacial score (nSPS) is 10.6. The van der Waals surface area contributed by atoms with Crippen molar-refractivity contribution in [2.24, 2.45) is 0 Å². The topological polar surface area (TPSA) is 89.7 Å². The Morgan fingerprint density at radius 1 is 1.45 bits per heavy atom. The Hall–Kier alpha value is -1.86. The molecule has 0 aliphatic carbocycles. The molecule has 0 atom stereocenters. The highest BCUT2D eigenvalue weighted by molar-refractivity contribution is 5.97. The molecule has 0 radical (unpaired) electrons. The standard InChI is InChI=1S/C13H22N4O3/c1-17(2)7-9-20-8-6-16-12-11(14)10(4-5-15-12)13(18)19-3/h4-5H,6-9,14H2,1-3H3,(H,15,16). The summed E-state index contributed by atoms with van der Waals surface area (Å²) in [6.45, 7) is 2.64. The van der Waals surface area contributed by atoms with Crippen LogP contribution in [0.5, 0.6) is 0 Å². The number of nitrogens with two attached hydrogens (primary N) is 1. The largest absolute Gasteiger partial charge is 0.465 e. The molecular weight excluding hydrogens is 260 g/mol. The quantitative estimate of drug-likeness (QED) is 0.528. The van der Waals surface area contributed by atoms with Gasteiger partial charge in [0, 0.05) is 19.3 Å². The second kappa shape index (κ2) is 8.34. The molecule has 1 aromatic heterocycles. The predicted molar refractivity (Wildman–Crippen MR) is 77.9 cm³/mol. The lowest BCUT2D eigenvalue weighted by Gasteiger charge is -2.12. The van der Waals surface area contributed by atoms with Gasteiger partial charge in [0.1, 0.15) is 5.82 Å². The number of likely N-dealkylation sites (N-methyl/N-ethyl adjacent to an activating group) is 1. The van der Waals surface area contributed by atoms with Gasteiger partial charge in [-0.3, -0.25) is 0 Å². The molecule has 7 heteroatoms. The number of hydrogen-bond acceptors (Lipinski definition) is 7. The Bertz CT molecular complexity index is 438. The maximum absolute atomic E-state index is 11.5. The van der Waals surface area contributed by atoms with Gasteiger partial charge in [-0.15, -0.1) is 0 Å². The van der Waals surface area contributed by atoms with E-state index in [0.717, 1.165) is 6.54 Å². The van der Waals surface area contributed by atoms with E-state index < -0.39 is 5.97 Å². The monoisotopic (exact) mass is 282 g/mol. The molecule has 0 aliphatic rings. The molecule has 1 heterocycles. The zero-order chi connectivity index (χ0) is 15.0. The van der Waals surface area contributed by atoms with Crippen LogP contribution >= 0.6 is 0 Å². The number of anilines is 2. The molecule has 0 amide bonds. The van der Waals surface area contributed by atoms with Gasteiger partial charge in [0.2, 0.25) is 0 Å². The highest BCUT2D eigenvalue weighted by atomic mass is 16.5. The van der Waals surface area contributed by atoms with Gasteiger partial charge in [-0.05, 0) is 20.2 Å². The fourth-order valence-corrected chi connectivity index (χ4v) is 1.49. The zero-order valence-corrected chi connectivity index (χ0v) is 12.2. The van der Waals surface area contributed by atoms with E-state index in [1.54, 1.807) is 0 Å². The van der Waals surface area contributed by atoms with E-state index in [4.69, 9.17) is 10.5 Å². The molecule has 20 heavy (non-hydrogen) atoms. The van der Waals surface area contributed by atoms with Gasteiger partial charge in [-0.1, -0.05) is 0 Å². The van der Waals surface area contributed by atoms with Crippen LogP contribution in [0.1, 0.15) is 10.4 Å². The fraction of sp³-hybridized carbons (Fsp3) is 0.538. The summed E-state index contributed by atoms with van der Waals surface area (Å²) in [6, 6.07) is 1.53. The SMILES string of the molecule is COC(=O)c1ccnc(NCCOCCN(C)C)c1N. The Labute approximate surface area is 119 Å². The van der Waals surface area contributed by atoms with Crippen LogP contribution in [0.4, 0.5) is 11.5 Å². The van der Waals surface area contributed by atoms with Crippen molar-refractivity contribution in [3.05, 3.63) is 17.8 Å². The first-order valence-corrected chi connectivity index (χ1v) is 6.35. The second-order valence-corrected chi connectivity index (χ2v) is 4.45. The minimum Gasteiger partial charge on any atom is -0.465 e. The predicted octanol–water partition coefficient (Wildman–Crippen LogP) is 0.441.